The molecule has 6 heteroatoms. The van der Waals surface area contributed by atoms with Crippen LogP contribution < -0.4 is 0 Å². The van der Waals surface area contributed by atoms with Gasteiger partial charge in [0, 0.05) is 17.9 Å². The van der Waals surface area contributed by atoms with Crippen molar-refractivity contribution in [3.8, 4) is 0 Å². The number of pyridine rings is 1. The Morgan fingerprint density at radius 1 is 1.32 bits per heavy atom. The molecular formula is C19H23N3O3. The molecule has 132 valence electrons. The standard InChI is InChI=1S/C19H23N3O3/c1-11-16(19(24)25-4)12(2)21-17(11)18(23)22(14-8-9-14)13(3)15-7-5-6-10-20-15/h5-7,10,13-14,21H,8-9H2,1-4H3/t13-/m0/s1. The van der Waals surface area contributed by atoms with Crippen molar-refractivity contribution in [1.29, 1.82) is 0 Å². The molecule has 3 rings (SSSR count). The van der Waals surface area contributed by atoms with Gasteiger partial charge in [0.05, 0.1) is 24.4 Å². The highest BCUT2D eigenvalue weighted by Crippen LogP contribution is 2.35. The van der Waals surface area contributed by atoms with Crippen LogP contribution in [0.15, 0.2) is 24.4 Å². The van der Waals surface area contributed by atoms with E-state index in [2.05, 4.69) is 9.97 Å². The van der Waals surface area contributed by atoms with E-state index in [0.717, 1.165) is 18.5 Å². The topological polar surface area (TPSA) is 75.3 Å². The Balaban J connectivity index is 1.96. The van der Waals surface area contributed by atoms with Crippen molar-refractivity contribution in [3.63, 3.8) is 0 Å². The van der Waals surface area contributed by atoms with E-state index in [1.54, 1.807) is 20.0 Å². The lowest BCUT2D eigenvalue weighted by molar-refractivity contribution is 0.0599. The third-order valence-corrected chi connectivity index (χ3v) is 4.75. The van der Waals surface area contributed by atoms with Crippen LogP contribution in [0.1, 0.15) is 63.6 Å². The Morgan fingerprint density at radius 2 is 2.04 bits per heavy atom. The molecule has 0 spiro atoms. The van der Waals surface area contributed by atoms with E-state index in [0.29, 0.717) is 22.5 Å². The number of hydrogen-bond acceptors (Lipinski definition) is 4. The minimum Gasteiger partial charge on any atom is -0.465 e. The second-order valence-electron chi connectivity index (χ2n) is 6.49. The number of aryl methyl sites for hydroxylation is 1. The number of nitrogens with one attached hydrogen (secondary N) is 1. The molecule has 1 aliphatic rings. The number of rotatable bonds is 5. The van der Waals surface area contributed by atoms with Crippen LogP contribution in [0.5, 0.6) is 0 Å². The summed E-state index contributed by atoms with van der Waals surface area (Å²) in [5, 5.41) is 0. The molecule has 2 heterocycles. The van der Waals surface area contributed by atoms with Crippen LogP contribution in [0.4, 0.5) is 0 Å². The number of amides is 1. The first-order valence-electron chi connectivity index (χ1n) is 8.46. The molecule has 0 aromatic carbocycles. The summed E-state index contributed by atoms with van der Waals surface area (Å²) in [6.45, 7) is 5.55. The van der Waals surface area contributed by atoms with E-state index < -0.39 is 5.97 Å². The summed E-state index contributed by atoms with van der Waals surface area (Å²) in [4.78, 5) is 34.6. The minimum atomic E-state index is -0.430. The van der Waals surface area contributed by atoms with E-state index in [1.165, 1.54) is 7.11 Å². The van der Waals surface area contributed by atoms with Gasteiger partial charge in [0.1, 0.15) is 5.69 Å². The number of esters is 1. The highest BCUT2D eigenvalue weighted by atomic mass is 16.5. The average molecular weight is 341 g/mol. The number of methoxy groups -OCH3 is 1. The predicted molar refractivity (Wildman–Crippen MR) is 93.4 cm³/mol. The van der Waals surface area contributed by atoms with Gasteiger partial charge in [0.2, 0.25) is 0 Å². The summed E-state index contributed by atoms with van der Waals surface area (Å²) < 4.78 is 4.83. The fourth-order valence-electron chi connectivity index (χ4n) is 3.28. The highest BCUT2D eigenvalue weighted by molar-refractivity contribution is 6.00. The fraction of sp³-hybridized carbons (Fsp3) is 0.421. The van der Waals surface area contributed by atoms with Crippen molar-refractivity contribution in [3.05, 3.63) is 52.6 Å². The first-order valence-corrected chi connectivity index (χ1v) is 8.46. The second-order valence-corrected chi connectivity index (χ2v) is 6.49. The lowest BCUT2D eigenvalue weighted by Crippen LogP contribution is -2.36. The van der Waals surface area contributed by atoms with Crippen molar-refractivity contribution in [2.24, 2.45) is 0 Å². The normalized spacial score (nSPS) is 14.9. The summed E-state index contributed by atoms with van der Waals surface area (Å²) in [6, 6.07) is 5.80. The maximum absolute atomic E-state index is 13.3. The number of hydrogen-bond donors (Lipinski definition) is 1. The fourth-order valence-corrected chi connectivity index (χ4v) is 3.28. The molecule has 0 unspecified atom stereocenters. The van der Waals surface area contributed by atoms with Crippen molar-refractivity contribution in [1.82, 2.24) is 14.9 Å². The molecule has 6 nitrogen and oxygen atoms in total. The van der Waals surface area contributed by atoms with Crippen LogP contribution in [0, 0.1) is 13.8 Å². The molecule has 0 bridgehead atoms. The predicted octanol–water partition coefficient (Wildman–Crippen LogP) is 3.18. The zero-order valence-electron chi connectivity index (χ0n) is 15.0. The zero-order chi connectivity index (χ0) is 18.1. The Kier molecular flexibility index (Phi) is 4.61. The van der Waals surface area contributed by atoms with E-state index in [-0.39, 0.29) is 18.0 Å². The van der Waals surface area contributed by atoms with Crippen molar-refractivity contribution in [2.45, 2.75) is 45.7 Å². The number of ether oxygens (including phenoxy) is 1. The molecule has 0 radical (unpaired) electrons. The maximum Gasteiger partial charge on any atom is 0.339 e. The number of carbonyl (C=O) groups excluding carboxylic acids is 2. The molecule has 2 aromatic heterocycles. The second kappa shape index (κ2) is 6.70. The number of aromatic nitrogens is 2. The van der Waals surface area contributed by atoms with Crippen LogP contribution in [0.2, 0.25) is 0 Å². The van der Waals surface area contributed by atoms with Gasteiger partial charge in [-0.05, 0) is 51.3 Å². The largest absolute Gasteiger partial charge is 0.465 e. The van der Waals surface area contributed by atoms with Gasteiger partial charge in [0.15, 0.2) is 0 Å². The number of H-pyrrole nitrogens is 1. The van der Waals surface area contributed by atoms with E-state index in [1.807, 2.05) is 30.0 Å². The maximum atomic E-state index is 13.3. The monoisotopic (exact) mass is 341 g/mol. The van der Waals surface area contributed by atoms with E-state index >= 15 is 0 Å². The van der Waals surface area contributed by atoms with Crippen molar-refractivity contribution < 1.29 is 14.3 Å². The molecule has 25 heavy (non-hydrogen) atoms. The van der Waals surface area contributed by atoms with E-state index in [9.17, 15) is 9.59 Å². The van der Waals surface area contributed by atoms with Crippen LogP contribution in [-0.2, 0) is 4.74 Å². The molecule has 1 saturated carbocycles. The van der Waals surface area contributed by atoms with Crippen molar-refractivity contribution >= 4 is 11.9 Å². The average Bonchev–Trinajstić information content (AvgIpc) is 3.40. The van der Waals surface area contributed by atoms with E-state index in [4.69, 9.17) is 4.74 Å². The number of nitrogens with zero attached hydrogens (tertiary/aromatic N) is 2. The smallest absolute Gasteiger partial charge is 0.339 e. The molecule has 1 N–H and O–H groups in total. The Morgan fingerprint density at radius 3 is 2.60 bits per heavy atom. The Bertz CT molecular complexity index is 794. The van der Waals surface area contributed by atoms with Gasteiger partial charge in [-0.25, -0.2) is 4.79 Å². The third-order valence-electron chi connectivity index (χ3n) is 4.75. The molecule has 1 aliphatic carbocycles. The van der Waals surface area contributed by atoms with Crippen molar-refractivity contribution in [2.75, 3.05) is 7.11 Å². The summed E-state index contributed by atoms with van der Waals surface area (Å²) >= 11 is 0. The quantitative estimate of drug-likeness (QED) is 0.848. The molecule has 0 saturated heterocycles. The molecule has 1 fully saturated rings. The van der Waals surface area contributed by atoms with Gasteiger partial charge in [-0.3, -0.25) is 9.78 Å². The van der Waals surface area contributed by atoms with Gasteiger partial charge >= 0.3 is 5.97 Å². The first-order chi connectivity index (χ1) is 12.0. The lowest BCUT2D eigenvalue weighted by Gasteiger charge is -2.29. The Hall–Kier alpha value is -2.63. The van der Waals surface area contributed by atoms with Crippen LogP contribution in [0.25, 0.3) is 0 Å². The van der Waals surface area contributed by atoms with Gasteiger partial charge in [-0.1, -0.05) is 6.07 Å². The zero-order valence-corrected chi connectivity index (χ0v) is 15.0. The molecule has 1 amide bonds. The minimum absolute atomic E-state index is 0.101. The summed E-state index contributed by atoms with van der Waals surface area (Å²) in [7, 11) is 1.34. The van der Waals surface area contributed by atoms with Crippen LogP contribution in [-0.4, -0.2) is 39.9 Å². The van der Waals surface area contributed by atoms with Gasteiger partial charge in [-0.2, -0.15) is 0 Å². The van der Waals surface area contributed by atoms with Gasteiger partial charge in [0.25, 0.3) is 5.91 Å². The molecule has 2 aromatic rings. The first kappa shape index (κ1) is 17.2. The number of aromatic amines is 1. The van der Waals surface area contributed by atoms with Gasteiger partial charge in [-0.15, -0.1) is 0 Å². The SMILES string of the molecule is COC(=O)c1c(C)[nH]c(C(=O)N(C2CC2)[C@@H](C)c2ccccn2)c1C. The summed E-state index contributed by atoms with van der Waals surface area (Å²) in [5.41, 5.74) is 3.03. The summed E-state index contributed by atoms with van der Waals surface area (Å²) in [6.07, 6.45) is 3.72. The number of carbonyl (C=O) groups is 2. The van der Waals surface area contributed by atoms with Crippen LogP contribution >= 0.6 is 0 Å². The molecule has 1 atom stereocenters. The lowest BCUT2D eigenvalue weighted by atomic mass is 10.1. The third kappa shape index (κ3) is 3.16. The molecular weight excluding hydrogens is 318 g/mol. The van der Waals surface area contributed by atoms with Crippen LogP contribution in [0.3, 0.4) is 0 Å². The molecule has 0 aliphatic heterocycles. The highest BCUT2D eigenvalue weighted by Gasteiger charge is 2.38. The Labute approximate surface area is 147 Å². The van der Waals surface area contributed by atoms with Gasteiger partial charge < -0.3 is 14.6 Å². The summed E-state index contributed by atoms with van der Waals surface area (Å²) in [5.74, 6) is -0.530.